The molecule has 0 aromatic carbocycles. The summed E-state index contributed by atoms with van der Waals surface area (Å²) in [7, 11) is -0.967. The van der Waals surface area contributed by atoms with Crippen LogP contribution >= 0.6 is 11.3 Å². The molecule has 0 fully saturated rings. The number of esters is 1. The van der Waals surface area contributed by atoms with Gasteiger partial charge in [0.25, 0.3) is 5.56 Å². The summed E-state index contributed by atoms with van der Waals surface area (Å²) in [5.41, 5.74) is 1.54. The molecule has 1 aliphatic rings. The number of carbonyl (C=O) groups is 1. The Morgan fingerprint density at radius 3 is 2.79 bits per heavy atom. The van der Waals surface area contributed by atoms with Crippen molar-refractivity contribution >= 4 is 27.3 Å². The highest BCUT2D eigenvalue weighted by Crippen LogP contribution is 2.29. The van der Waals surface area contributed by atoms with Gasteiger partial charge in [0.15, 0.2) is 0 Å². The van der Waals surface area contributed by atoms with Gasteiger partial charge in [-0.25, -0.2) is 13.2 Å². The highest BCUT2D eigenvalue weighted by Gasteiger charge is 2.33. The first-order valence-corrected chi connectivity index (χ1v) is 9.51. The molecule has 24 heavy (non-hydrogen) atoms. The molecular formula is C15H16N2O5S2. The van der Waals surface area contributed by atoms with E-state index in [1.54, 1.807) is 24.7 Å². The third-order valence-corrected chi connectivity index (χ3v) is 6.91. The van der Waals surface area contributed by atoms with Crippen LogP contribution in [0.2, 0.25) is 0 Å². The second kappa shape index (κ2) is 6.15. The average molecular weight is 368 g/mol. The molecule has 3 heterocycles. The van der Waals surface area contributed by atoms with Crippen LogP contribution in [0.3, 0.4) is 0 Å². The van der Waals surface area contributed by atoms with E-state index in [0.717, 1.165) is 22.5 Å². The summed E-state index contributed by atoms with van der Waals surface area (Å²) in [6.07, 6.45) is 2.12. The minimum atomic E-state index is -3.81. The summed E-state index contributed by atoms with van der Waals surface area (Å²) < 4.78 is 33.2. The molecule has 2 aromatic heterocycles. The van der Waals surface area contributed by atoms with E-state index in [1.807, 2.05) is 0 Å². The summed E-state index contributed by atoms with van der Waals surface area (Å²) in [5, 5.41) is 1.56. The molecule has 0 unspecified atom stereocenters. The Labute approximate surface area is 143 Å². The maximum atomic E-state index is 12.9. The third kappa shape index (κ3) is 2.79. The number of nitrogens with zero attached hydrogens (tertiary/aromatic N) is 2. The molecule has 0 saturated carbocycles. The average Bonchev–Trinajstić information content (AvgIpc) is 3.05. The normalized spacial score (nSPS) is 15.1. The van der Waals surface area contributed by atoms with Crippen LogP contribution in [-0.2, 0) is 34.8 Å². The lowest BCUT2D eigenvalue weighted by molar-refractivity contribution is 0.0602. The molecule has 7 nitrogen and oxygen atoms in total. The molecule has 0 radical (unpaired) electrons. The number of aromatic nitrogens is 1. The lowest BCUT2D eigenvalue weighted by Crippen LogP contribution is -2.37. The molecule has 0 atom stereocenters. The molecule has 0 spiro atoms. The number of ether oxygens (including phenoxy) is 1. The largest absolute Gasteiger partial charge is 0.465 e. The molecule has 1 aliphatic heterocycles. The lowest BCUT2D eigenvalue weighted by atomic mass is 10.0. The number of fused-ring (bicyclic) bond motifs is 1. The first-order chi connectivity index (χ1) is 11.3. The highest BCUT2D eigenvalue weighted by molar-refractivity contribution is 7.89. The van der Waals surface area contributed by atoms with Crippen LogP contribution in [0.5, 0.6) is 0 Å². The van der Waals surface area contributed by atoms with Crippen LogP contribution in [-0.4, -0.2) is 36.9 Å². The van der Waals surface area contributed by atoms with E-state index in [2.05, 4.69) is 4.74 Å². The Bertz CT molecular complexity index is 958. The van der Waals surface area contributed by atoms with Gasteiger partial charge in [0.1, 0.15) is 9.77 Å². The second-order valence-corrected chi connectivity index (χ2v) is 8.29. The summed E-state index contributed by atoms with van der Waals surface area (Å²) in [4.78, 5) is 23.5. The molecule has 0 saturated heterocycles. The molecule has 2 aromatic rings. The van der Waals surface area contributed by atoms with Crippen molar-refractivity contribution in [3.05, 3.63) is 50.1 Å². The van der Waals surface area contributed by atoms with E-state index in [0.29, 0.717) is 6.42 Å². The molecule has 0 amide bonds. The van der Waals surface area contributed by atoms with Gasteiger partial charge in [-0.2, -0.15) is 4.31 Å². The van der Waals surface area contributed by atoms with Crippen molar-refractivity contribution in [1.29, 1.82) is 0 Å². The fourth-order valence-corrected chi connectivity index (χ4v) is 5.43. The van der Waals surface area contributed by atoms with Gasteiger partial charge >= 0.3 is 5.97 Å². The zero-order valence-corrected chi connectivity index (χ0v) is 14.8. The summed E-state index contributed by atoms with van der Waals surface area (Å²) in [6.45, 7) is 0.432. The van der Waals surface area contributed by atoms with Gasteiger partial charge in [0, 0.05) is 32.4 Å². The Morgan fingerprint density at radius 1 is 1.33 bits per heavy atom. The lowest BCUT2D eigenvalue weighted by Gasteiger charge is -2.28. The number of aryl methyl sites for hydroxylation is 1. The Kier molecular flexibility index (Phi) is 4.33. The van der Waals surface area contributed by atoms with Crippen LogP contribution in [0.1, 0.15) is 20.8 Å². The minimum Gasteiger partial charge on any atom is -0.465 e. The van der Waals surface area contributed by atoms with Gasteiger partial charge in [0.2, 0.25) is 10.0 Å². The highest BCUT2D eigenvalue weighted by atomic mass is 32.2. The first-order valence-electron chi connectivity index (χ1n) is 7.19. The fourth-order valence-electron chi connectivity index (χ4n) is 2.70. The predicted molar refractivity (Wildman–Crippen MR) is 88.6 cm³/mol. The maximum absolute atomic E-state index is 12.9. The molecule has 3 rings (SSSR count). The smallest absolute Gasteiger partial charge is 0.349 e. The molecule has 128 valence electrons. The molecule has 0 aliphatic carbocycles. The van der Waals surface area contributed by atoms with Gasteiger partial charge < -0.3 is 9.30 Å². The van der Waals surface area contributed by atoms with Crippen molar-refractivity contribution in [2.45, 2.75) is 17.9 Å². The summed E-state index contributed by atoms with van der Waals surface area (Å²) >= 11 is 1.04. The van der Waals surface area contributed by atoms with E-state index >= 15 is 0 Å². The number of sulfonamides is 1. The topological polar surface area (TPSA) is 85.7 Å². The van der Waals surface area contributed by atoms with Crippen molar-refractivity contribution in [3.63, 3.8) is 0 Å². The quantitative estimate of drug-likeness (QED) is 0.754. The number of methoxy groups -OCH3 is 1. The van der Waals surface area contributed by atoms with Gasteiger partial charge in [-0.1, -0.05) is 0 Å². The number of thiophene rings is 1. The maximum Gasteiger partial charge on any atom is 0.349 e. The predicted octanol–water partition coefficient (Wildman–Crippen LogP) is 0.980. The van der Waals surface area contributed by atoms with E-state index in [-0.39, 0.29) is 28.4 Å². The SMILES string of the molecule is COC(=O)c1sccc1S(=O)(=O)N1CCc2cc(=O)n(C)cc2C1. The van der Waals surface area contributed by atoms with Gasteiger partial charge in [-0.3, -0.25) is 4.79 Å². The standard InChI is InChI=1S/C15H16N2O5S2/c1-16-8-11-9-17(5-3-10(11)7-13(16)18)24(20,21)12-4-6-23-14(12)15(19)22-2/h4,6-8H,3,5,9H2,1-2H3. The first kappa shape index (κ1) is 16.9. The third-order valence-electron chi connectivity index (χ3n) is 4.00. The second-order valence-electron chi connectivity index (χ2n) is 5.47. The van der Waals surface area contributed by atoms with Crippen molar-refractivity contribution in [2.75, 3.05) is 13.7 Å². The van der Waals surface area contributed by atoms with Crippen LogP contribution in [0.25, 0.3) is 0 Å². The number of hydrogen-bond donors (Lipinski definition) is 0. The number of carbonyl (C=O) groups excluding carboxylic acids is 1. The van der Waals surface area contributed by atoms with E-state index < -0.39 is 16.0 Å². The van der Waals surface area contributed by atoms with Crippen LogP contribution in [0.15, 0.2) is 33.4 Å². The number of pyridine rings is 1. The van der Waals surface area contributed by atoms with E-state index in [4.69, 9.17) is 0 Å². The summed E-state index contributed by atoms with van der Waals surface area (Å²) in [5.74, 6) is -0.664. The Balaban J connectivity index is 1.98. The van der Waals surface area contributed by atoms with Crippen molar-refractivity contribution < 1.29 is 17.9 Å². The van der Waals surface area contributed by atoms with Gasteiger partial charge in [-0.05, 0) is 29.0 Å². The van der Waals surface area contributed by atoms with Crippen molar-refractivity contribution in [1.82, 2.24) is 8.87 Å². The molecular weight excluding hydrogens is 352 g/mol. The zero-order valence-electron chi connectivity index (χ0n) is 13.2. The molecule has 0 bridgehead atoms. The van der Waals surface area contributed by atoms with Crippen molar-refractivity contribution in [2.24, 2.45) is 7.05 Å². The fraction of sp³-hybridized carbons (Fsp3) is 0.333. The Morgan fingerprint density at radius 2 is 2.08 bits per heavy atom. The van der Waals surface area contributed by atoms with Crippen LogP contribution in [0.4, 0.5) is 0 Å². The minimum absolute atomic E-state index is 0.0346. The van der Waals surface area contributed by atoms with Crippen LogP contribution in [0, 0.1) is 0 Å². The van der Waals surface area contributed by atoms with E-state index in [9.17, 15) is 18.0 Å². The van der Waals surface area contributed by atoms with Crippen LogP contribution < -0.4 is 5.56 Å². The van der Waals surface area contributed by atoms with E-state index in [1.165, 1.54) is 22.0 Å². The zero-order chi connectivity index (χ0) is 17.5. The molecule has 9 heteroatoms. The number of rotatable bonds is 3. The monoisotopic (exact) mass is 368 g/mol. The van der Waals surface area contributed by atoms with Gasteiger partial charge in [-0.15, -0.1) is 11.3 Å². The van der Waals surface area contributed by atoms with Gasteiger partial charge in [0.05, 0.1) is 7.11 Å². The molecule has 0 N–H and O–H groups in total. The summed E-state index contributed by atoms with van der Waals surface area (Å²) in [6, 6.07) is 2.96. The van der Waals surface area contributed by atoms with Crippen molar-refractivity contribution in [3.8, 4) is 0 Å². The Hall–Kier alpha value is -1.97. The number of hydrogen-bond acceptors (Lipinski definition) is 6.